The van der Waals surface area contributed by atoms with E-state index in [-0.39, 0.29) is 11.9 Å². The molecular formula is C14H17NO4. The highest BCUT2D eigenvalue weighted by Gasteiger charge is 2.40. The van der Waals surface area contributed by atoms with E-state index in [0.717, 1.165) is 12.8 Å². The van der Waals surface area contributed by atoms with Crippen LogP contribution in [0.2, 0.25) is 0 Å². The van der Waals surface area contributed by atoms with Crippen molar-refractivity contribution in [1.29, 1.82) is 0 Å². The number of benzene rings is 1. The number of carbonyl (C=O) groups excluding carboxylic acids is 1. The Kier molecular flexibility index (Phi) is 3.74. The third-order valence-electron chi connectivity index (χ3n) is 3.25. The molecule has 5 heteroatoms. The molecule has 0 spiro atoms. The Morgan fingerprint density at radius 2 is 2.00 bits per heavy atom. The average Bonchev–Trinajstić information content (AvgIpc) is 3.19. The molecule has 1 aromatic rings. The zero-order valence-corrected chi connectivity index (χ0v) is 11.0. The van der Waals surface area contributed by atoms with Crippen LogP contribution in [0.5, 0.6) is 5.75 Å². The fourth-order valence-electron chi connectivity index (χ4n) is 2.30. The number of methoxy groups -OCH3 is 1. The number of para-hydroxylation sites is 1. The lowest BCUT2D eigenvalue weighted by atomic mass is 10.0. The Hall–Kier alpha value is -2.04. The maximum atomic E-state index is 11.8. The molecule has 1 atom stereocenters. The van der Waals surface area contributed by atoms with Crippen LogP contribution in [-0.4, -0.2) is 35.0 Å². The SMILES string of the molecule is COc1ccccc1C(C(=O)O)N(C(C)=O)C1CC1. The van der Waals surface area contributed by atoms with Crippen molar-refractivity contribution in [2.24, 2.45) is 0 Å². The average molecular weight is 263 g/mol. The van der Waals surface area contributed by atoms with Crippen molar-refractivity contribution < 1.29 is 19.4 Å². The van der Waals surface area contributed by atoms with Gasteiger partial charge in [-0.25, -0.2) is 4.79 Å². The molecule has 0 saturated heterocycles. The van der Waals surface area contributed by atoms with Gasteiger partial charge in [0.1, 0.15) is 5.75 Å². The normalized spacial score (nSPS) is 15.7. The maximum Gasteiger partial charge on any atom is 0.331 e. The number of rotatable bonds is 5. The van der Waals surface area contributed by atoms with Crippen molar-refractivity contribution in [3.8, 4) is 5.75 Å². The van der Waals surface area contributed by atoms with Crippen molar-refractivity contribution in [2.75, 3.05) is 7.11 Å². The second-order valence-electron chi connectivity index (χ2n) is 4.64. The van der Waals surface area contributed by atoms with Gasteiger partial charge in [-0.2, -0.15) is 0 Å². The molecule has 1 unspecified atom stereocenters. The fraction of sp³-hybridized carbons (Fsp3) is 0.429. The molecule has 102 valence electrons. The van der Waals surface area contributed by atoms with Gasteiger partial charge in [0.25, 0.3) is 0 Å². The highest BCUT2D eigenvalue weighted by molar-refractivity contribution is 5.84. The smallest absolute Gasteiger partial charge is 0.331 e. The highest BCUT2D eigenvalue weighted by Crippen LogP contribution is 2.37. The molecule has 1 N–H and O–H groups in total. The molecule has 0 heterocycles. The molecule has 1 aromatic carbocycles. The summed E-state index contributed by atoms with van der Waals surface area (Å²) >= 11 is 0. The summed E-state index contributed by atoms with van der Waals surface area (Å²) in [7, 11) is 1.49. The van der Waals surface area contributed by atoms with Gasteiger partial charge in [0.2, 0.25) is 5.91 Å². The van der Waals surface area contributed by atoms with Gasteiger partial charge in [-0.15, -0.1) is 0 Å². The van der Waals surface area contributed by atoms with E-state index in [2.05, 4.69) is 0 Å². The van der Waals surface area contributed by atoms with Gasteiger partial charge in [-0.3, -0.25) is 4.79 Å². The van der Waals surface area contributed by atoms with Crippen LogP contribution in [0.1, 0.15) is 31.4 Å². The molecule has 0 radical (unpaired) electrons. The fourth-order valence-corrected chi connectivity index (χ4v) is 2.30. The Balaban J connectivity index is 2.44. The summed E-state index contributed by atoms with van der Waals surface area (Å²) < 4.78 is 5.21. The van der Waals surface area contributed by atoms with Crippen LogP contribution in [0, 0.1) is 0 Å². The molecule has 19 heavy (non-hydrogen) atoms. The predicted molar refractivity (Wildman–Crippen MR) is 68.9 cm³/mol. The lowest BCUT2D eigenvalue weighted by Crippen LogP contribution is -2.39. The summed E-state index contributed by atoms with van der Waals surface area (Å²) in [6, 6.07) is 5.96. The molecule has 0 aromatic heterocycles. The molecule has 5 nitrogen and oxygen atoms in total. The number of aliphatic carboxylic acids is 1. The number of hydrogen-bond donors (Lipinski definition) is 1. The van der Waals surface area contributed by atoms with Gasteiger partial charge < -0.3 is 14.7 Å². The quantitative estimate of drug-likeness (QED) is 0.880. The van der Waals surface area contributed by atoms with Crippen LogP contribution in [0.25, 0.3) is 0 Å². The standard InChI is InChI=1S/C14H17NO4/c1-9(16)15(10-7-8-10)13(14(17)18)11-5-3-4-6-12(11)19-2/h3-6,10,13H,7-8H2,1-2H3,(H,17,18). The second kappa shape index (κ2) is 5.30. The highest BCUT2D eigenvalue weighted by atomic mass is 16.5. The minimum atomic E-state index is -1.04. The van der Waals surface area contributed by atoms with Crippen LogP contribution in [-0.2, 0) is 9.59 Å². The lowest BCUT2D eigenvalue weighted by Gasteiger charge is -2.29. The molecule has 1 saturated carbocycles. The number of hydrogen-bond acceptors (Lipinski definition) is 3. The second-order valence-corrected chi connectivity index (χ2v) is 4.64. The summed E-state index contributed by atoms with van der Waals surface area (Å²) in [5.41, 5.74) is 0.514. The summed E-state index contributed by atoms with van der Waals surface area (Å²) in [6.45, 7) is 1.41. The Morgan fingerprint density at radius 3 is 2.47 bits per heavy atom. The zero-order valence-electron chi connectivity index (χ0n) is 11.0. The van der Waals surface area contributed by atoms with Crippen molar-refractivity contribution in [2.45, 2.75) is 31.8 Å². The Labute approximate surface area is 111 Å². The number of amides is 1. The molecular weight excluding hydrogens is 246 g/mol. The summed E-state index contributed by atoms with van der Waals surface area (Å²) in [6.07, 6.45) is 1.72. The van der Waals surface area contributed by atoms with Gasteiger partial charge in [-0.1, -0.05) is 18.2 Å². The van der Waals surface area contributed by atoms with Gasteiger partial charge in [0.15, 0.2) is 6.04 Å². The van der Waals surface area contributed by atoms with Crippen LogP contribution in [0.15, 0.2) is 24.3 Å². The first-order valence-corrected chi connectivity index (χ1v) is 6.21. The largest absolute Gasteiger partial charge is 0.496 e. The van der Waals surface area contributed by atoms with Gasteiger partial charge in [0, 0.05) is 18.5 Å². The van der Waals surface area contributed by atoms with E-state index < -0.39 is 12.0 Å². The molecule has 1 aliphatic rings. The number of nitrogens with zero attached hydrogens (tertiary/aromatic N) is 1. The van der Waals surface area contributed by atoms with Crippen molar-refractivity contribution in [3.63, 3.8) is 0 Å². The third-order valence-corrected chi connectivity index (χ3v) is 3.25. The Bertz CT molecular complexity index is 496. The molecule has 1 fully saturated rings. The number of ether oxygens (including phenoxy) is 1. The van der Waals surface area contributed by atoms with Gasteiger partial charge in [-0.05, 0) is 18.9 Å². The number of carbonyl (C=O) groups is 2. The van der Waals surface area contributed by atoms with Crippen LogP contribution >= 0.6 is 0 Å². The third kappa shape index (κ3) is 2.70. The summed E-state index contributed by atoms with van der Waals surface area (Å²) in [5, 5.41) is 9.49. The van der Waals surface area contributed by atoms with Crippen LogP contribution in [0.4, 0.5) is 0 Å². The first kappa shape index (κ1) is 13.4. The molecule has 0 bridgehead atoms. The number of carboxylic acids is 1. The molecule has 1 amide bonds. The van der Waals surface area contributed by atoms with Crippen LogP contribution in [0.3, 0.4) is 0 Å². The monoisotopic (exact) mass is 263 g/mol. The topological polar surface area (TPSA) is 66.8 Å². The minimum Gasteiger partial charge on any atom is -0.496 e. The van der Waals surface area contributed by atoms with E-state index in [9.17, 15) is 14.7 Å². The van der Waals surface area contributed by atoms with E-state index in [4.69, 9.17) is 4.74 Å². The van der Waals surface area contributed by atoms with Crippen molar-refractivity contribution >= 4 is 11.9 Å². The molecule has 2 rings (SSSR count). The van der Waals surface area contributed by atoms with Crippen molar-refractivity contribution in [1.82, 2.24) is 4.90 Å². The van der Waals surface area contributed by atoms with Gasteiger partial charge in [0.05, 0.1) is 7.11 Å². The van der Waals surface area contributed by atoms with E-state index in [1.807, 2.05) is 0 Å². The minimum absolute atomic E-state index is 0.0310. The molecule has 1 aliphatic carbocycles. The van der Waals surface area contributed by atoms with E-state index in [1.165, 1.54) is 18.9 Å². The van der Waals surface area contributed by atoms with Gasteiger partial charge >= 0.3 is 5.97 Å². The predicted octanol–water partition coefficient (Wildman–Crippen LogP) is 1.83. The Morgan fingerprint density at radius 1 is 1.37 bits per heavy atom. The molecule has 0 aliphatic heterocycles. The summed E-state index contributed by atoms with van der Waals surface area (Å²) in [5.74, 6) is -0.769. The first-order chi connectivity index (χ1) is 9.06. The van der Waals surface area contributed by atoms with Crippen molar-refractivity contribution in [3.05, 3.63) is 29.8 Å². The summed E-state index contributed by atoms with van der Waals surface area (Å²) in [4.78, 5) is 24.8. The first-order valence-electron chi connectivity index (χ1n) is 6.21. The lowest BCUT2D eigenvalue weighted by molar-refractivity contribution is -0.150. The van der Waals surface area contributed by atoms with E-state index in [1.54, 1.807) is 24.3 Å². The maximum absolute atomic E-state index is 11.8. The number of carboxylic acid groups (broad SMARTS) is 1. The van der Waals surface area contributed by atoms with Crippen LogP contribution < -0.4 is 4.74 Å². The van der Waals surface area contributed by atoms with E-state index in [0.29, 0.717) is 11.3 Å². The van der Waals surface area contributed by atoms with E-state index >= 15 is 0 Å². The zero-order chi connectivity index (χ0) is 14.0.